The molecule has 0 bridgehead atoms. The summed E-state index contributed by atoms with van der Waals surface area (Å²) in [7, 11) is 0. The van der Waals surface area contributed by atoms with Crippen LogP contribution in [0.3, 0.4) is 0 Å². The minimum absolute atomic E-state index is 0.129. The van der Waals surface area contributed by atoms with Gasteiger partial charge < -0.3 is 4.74 Å². The number of aryl methyl sites for hydroxylation is 1. The van der Waals surface area contributed by atoms with Gasteiger partial charge in [0.25, 0.3) is 0 Å². The van der Waals surface area contributed by atoms with Crippen LogP contribution in [0.5, 0.6) is 0 Å². The summed E-state index contributed by atoms with van der Waals surface area (Å²) in [6, 6.07) is 3.71. The highest BCUT2D eigenvalue weighted by molar-refractivity contribution is 5.79. The topological polar surface area (TPSA) is 57.0 Å². The van der Waals surface area contributed by atoms with E-state index in [1.54, 1.807) is 17.8 Å². The molecule has 0 aromatic carbocycles. The van der Waals surface area contributed by atoms with Crippen molar-refractivity contribution < 1.29 is 9.53 Å². The van der Waals surface area contributed by atoms with Crippen LogP contribution in [0, 0.1) is 6.92 Å². The third-order valence-corrected chi connectivity index (χ3v) is 2.26. The van der Waals surface area contributed by atoms with Crippen molar-refractivity contribution in [3.8, 4) is 0 Å². The standard InChI is InChI=1S/C11H13N3O2/c1-3-16-10(15)7-14-9-5-4-6-12-11(9)8(2)13-14/h4-6H,3,7H2,1-2H3. The fraction of sp³-hybridized carbons (Fsp3) is 0.364. The molecule has 2 aromatic rings. The van der Waals surface area contributed by atoms with Crippen LogP contribution in [-0.4, -0.2) is 27.3 Å². The molecule has 2 heterocycles. The van der Waals surface area contributed by atoms with Crippen LogP contribution in [0.15, 0.2) is 18.3 Å². The summed E-state index contributed by atoms with van der Waals surface area (Å²) in [5.41, 5.74) is 2.50. The Bertz CT molecular complexity index is 519. The molecule has 0 saturated carbocycles. The third-order valence-electron chi connectivity index (χ3n) is 2.26. The molecule has 5 heteroatoms. The average Bonchev–Trinajstić information content (AvgIpc) is 2.57. The van der Waals surface area contributed by atoms with E-state index >= 15 is 0 Å². The quantitative estimate of drug-likeness (QED) is 0.730. The fourth-order valence-corrected chi connectivity index (χ4v) is 1.62. The second-order valence-corrected chi connectivity index (χ2v) is 3.42. The van der Waals surface area contributed by atoms with Crippen molar-refractivity contribution >= 4 is 17.0 Å². The number of carbonyl (C=O) groups is 1. The van der Waals surface area contributed by atoms with E-state index in [9.17, 15) is 4.79 Å². The number of fused-ring (bicyclic) bond motifs is 1. The smallest absolute Gasteiger partial charge is 0.327 e. The third kappa shape index (κ3) is 1.88. The molecule has 0 aliphatic carbocycles. The molecule has 2 rings (SSSR count). The van der Waals surface area contributed by atoms with Gasteiger partial charge in [0, 0.05) is 6.20 Å². The van der Waals surface area contributed by atoms with Gasteiger partial charge in [-0.3, -0.25) is 14.5 Å². The van der Waals surface area contributed by atoms with Crippen molar-refractivity contribution in [1.82, 2.24) is 14.8 Å². The number of aromatic nitrogens is 3. The monoisotopic (exact) mass is 219 g/mol. The molecular weight excluding hydrogens is 206 g/mol. The molecule has 0 fully saturated rings. The van der Waals surface area contributed by atoms with Crippen LogP contribution >= 0.6 is 0 Å². The average molecular weight is 219 g/mol. The Morgan fingerprint density at radius 1 is 1.56 bits per heavy atom. The van der Waals surface area contributed by atoms with Gasteiger partial charge in [-0.2, -0.15) is 5.10 Å². The molecular formula is C11H13N3O2. The van der Waals surface area contributed by atoms with Crippen molar-refractivity contribution in [2.45, 2.75) is 20.4 Å². The second kappa shape index (κ2) is 4.30. The van der Waals surface area contributed by atoms with E-state index in [0.29, 0.717) is 6.61 Å². The largest absolute Gasteiger partial charge is 0.465 e. The van der Waals surface area contributed by atoms with Gasteiger partial charge in [-0.25, -0.2) is 0 Å². The normalized spacial score (nSPS) is 10.6. The fourth-order valence-electron chi connectivity index (χ4n) is 1.62. The van der Waals surface area contributed by atoms with E-state index in [-0.39, 0.29) is 12.5 Å². The van der Waals surface area contributed by atoms with Gasteiger partial charge >= 0.3 is 5.97 Å². The molecule has 0 radical (unpaired) electrons. The van der Waals surface area contributed by atoms with E-state index in [1.165, 1.54) is 0 Å². The number of pyridine rings is 1. The van der Waals surface area contributed by atoms with Crippen molar-refractivity contribution in [1.29, 1.82) is 0 Å². The summed E-state index contributed by atoms with van der Waals surface area (Å²) < 4.78 is 6.50. The summed E-state index contributed by atoms with van der Waals surface area (Å²) >= 11 is 0. The minimum atomic E-state index is -0.282. The summed E-state index contributed by atoms with van der Waals surface area (Å²) in [5, 5.41) is 4.27. The van der Waals surface area contributed by atoms with Crippen LogP contribution < -0.4 is 0 Å². The minimum Gasteiger partial charge on any atom is -0.465 e. The van der Waals surface area contributed by atoms with Crippen molar-refractivity contribution in [2.24, 2.45) is 0 Å². The first-order chi connectivity index (χ1) is 7.72. The summed E-state index contributed by atoms with van der Waals surface area (Å²) in [4.78, 5) is 15.6. The first-order valence-corrected chi connectivity index (χ1v) is 5.16. The SMILES string of the molecule is CCOC(=O)Cn1nc(C)c2ncccc21. The summed E-state index contributed by atoms with van der Waals surface area (Å²) in [5.74, 6) is -0.282. The number of hydrogen-bond acceptors (Lipinski definition) is 4. The Labute approximate surface area is 93.0 Å². The highest BCUT2D eigenvalue weighted by Crippen LogP contribution is 2.14. The Kier molecular flexibility index (Phi) is 2.85. The van der Waals surface area contributed by atoms with Crippen LogP contribution in [-0.2, 0) is 16.1 Å². The molecule has 0 N–H and O–H groups in total. The Morgan fingerprint density at radius 3 is 3.12 bits per heavy atom. The maximum absolute atomic E-state index is 11.4. The van der Waals surface area contributed by atoms with E-state index in [1.807, 2.05) is 19.1 Å². The number of carbonyl (C=O) groups excluding carboxylic acids is 1. The van der Waals surface area contributed by atoms with Gasteiger partial charge in [0.1, 0.15) is 12.1 Å². The van der Waals surface area contributed by atoms with Crippen LogP contribution in [0.2, 0.25) is 0 Å². The lowest BCUT2D eigenvalue weighted by atomic mass is 10.3. The van der Waals surface area contributed by atoms with Crippen molar-refractivity contribution in [2.75, 3.05) is 6.61 Å². The van der Waals surface area contributed by atoms with Gasteiger partial charge in [-0.05, 0) is 26.0 Å². The number of ether oxygens (including phenoxy) is 1. The molecule has 0 atom stereocenters. The van der Waals surface area contributed by atoms with Gasteiger partial charge in [0.05, 0.1) is 17.8 Å². The molecule has 0 aliphatic rings. The van der Waals surface area contributed by atoms with Gasteiger partial charge in [0.2, 0.25) is 0 Å². The van der Waals surface area contributed by atoms with E-state index in [0.717, 1.165) is 16.7 Å². The molecule has 84 valence electrons. The molecule has 16 heavy (non-hydrogen) atoms. The molecule has 0 unspecified atom stereocenters. The summed E-state index contributed by atoms with van der Waals surface area (Å²) in [6.07, 6.45) is 1.71. The molecule has 0 aliphatic heterocycles. The lowest BCUT2D eigenvalue weighted by Gasteiger charge is -2.02. The molecule has 2 aromatic heterocycles. The first-order valence-electron chi connectivity index (χ1n) is 5.16. The predicted molar refractivity (Wildman–Crippen MR) is 58.9 cm³/mol. The highest BCUT2D eigenvalue weighted by Gasteiger charge is 2.11. The Morgan fingerprint density at radius 2 is 2.38 bits per heavy atom. The van der Waals surface area contributed by atoms with E-state index in [4.69, 9.17) is 4.74 Å². The lowest BCUT2D eigenvalue weighted by molar-refractivity contribution is -0.143. The lowest BCUT2D eigenvalue weighted by Crippen LogP contribution is -2.14. The maximum Gasteiger partial charge on any atom is 0.327 e. The van der Waals surface area contributed by atoms with E-state index in [2.05, 4.69) is 10.1 Å². The van der Waals surface area contributed by atoms with Crippen molar-refractivity contribution in [3.05, 3.63) is 24.0 Å². The summed E-state index contributed by atoms with van der Waals surface area (Å²) in [6.45, 7) is 4.17. The molecule has 0 spiro atoms. The number of nitrogens with zero attached hydrogens (tertiary/aromatic N) is 3. The first kappa shape index (κ1) is 10.6. The van der Waals surface area contributed by atoms with Gasteiger partial charge in [-0.15, -0.1) is 0 Å². The molecule has 5 nitrogen and oxygen atoms in total. The highest BCUT2D eigenvalue weighted by atomic mass is 16.5. The maximum atomic E-state index is 11.4. The zero-order valence-corrected chi connectivity index (χ0v) is 9.30. The zero-order valence-electron chi connectivity index (χ0n) is 9.30. The number of rotatable bonds is 3. The van der Waals surface area contributed by atoms with Gasteiger partial charge in [0.15, 0.2) is 0 Å². The number of hydrogen-bond donors (Lipinski definition) is 0. The van der Waals surface area contributed by atoms with Crippen LogP contribution in [0.4, 0.5) is 0 Å². The Balaban J connectivity index is 2.34. The van der Waals surface area contributed by atoms with Crippen molar-refractivity contribution in [3.63, 3.8) is 0 Å². The van der Waals surface area contributed by atoms with Crippen LogP contribution in [0.25, 0.3) is 11.0 Å². The second-order valence-electron chi connectivity index (χ2n) is 3.42. The van der Waals surface area contributed by atoms with Crippen LogP contribution in [0.1, 0.15) is 12.6 Å². The molecule has 0 saturated heterocycles. The molecule has 0 amide bonds. The van der Waals surface area contributed by atoms with Gasteiger partial charge in [-0.1, -0.05) is 0 Å². The van der Waals surface area contributed by atoms with E-state index < -0.39 is 0 Å². The number of esters is 1. The predicted octanol–water partition coefficient (Wildman–Crippen LogP) is 1.30. The zero-order chi connectivity index (χ0) is 11.5. The Hall–Kier alpha value is -1.91.